The van der Waals surface area contributed by atoms with Crippen LogP contribution in [0.1, 0.15) is 361 Å². The first-order chi connectivity index (χ1) is 38.5. The Morgan fingerprint density at radius 3 is 0.769 bits per heavy atom. The molecule has 78 heavy (non-hydrogen) atoms. The molecule has 1 atom stereocenters. The predicted octanol–water partition coefficient (Wildman–Crippen LogP) is 23.5. The maximum atomic E-state index is 12.9. The second kappa shape index (κ2) is 66.6. The van der Waals surface area contributed by atoms with E-state index in [1.807, 2.05) is 0 Å². The molecule has 0 aromatic heterocycles. The van der Waals surface area contributed by atoms with E-state index in [0.29, 0.717) is 19.3 Å². The summed E-state index contributed by atoms with van der Waals surface area (Å²) in [5.41, 5.74) is 0. The monoisotopic (exact) mass is 1090 g/mol. The summed E-state index contributed by atoms with van der Waals surface area (Å²) in [5.74, 6) is -0.868. The van der Waals surface area contributed by atoms with E-state index in [0.717, 1.165) is 96.3 Å². The summed E-state index contributed by atoms with van der Waals surface area (Å²) in [4.78, 5) is 38.3. The van der Waals surface area contributed by atoms with Crippen LogP contribution in [0.2, 0.25) is 0 Å². The molecule has 0 amide bonds. The smallest absolute Gasteiger partial charge is 0.306 e. The van der Waals surface area contributed by atoms with Crippen molar-refractivity contribution in [2.24, 2.45) is 0 Å². The zero-order valence-corrected chi connectivity index (χ0v) is 52.2. The van der Waals surface area contributed by atoms with Crippen LogP contribution in [-0.4, -0.2) is 37.2 Å². The van der Waals surface area contributed by atoms with Crippen molar-refractivity contribution in [1.29, 1.82) is 0 Å². The van der Waals surface area contributed by atoms with Crippen molar-refractivity contribution in [1.82, 2.24) is 0 Å². The lowest BCUT2D eigenvalue weighted by Crippen LogP contribution is -2.30. The number of ether oxygens (including phenoxy) is 3. The van der Waals surface area contributed by atoms with Gasteiger partial charge in [-0.1, -0.05) is 319 Å². The van der Waals surface area contributed by atoms with Crippen LogP contribution < -0.4 is 0 Å². The number of allylic oxidation sites excluding steroid dienone is 10. The summed E-state index contributed by atoms with van der Waals surface area (Å²) >= 11 is 0. The molecule has 6 heteroatoms. The van der Waals surface area contributed by atoms with Gasteiger partial charge in [-0.05, 0) is 83.5 Å². The molecule has 0 aromatic carbocycles. The van der Waals surface area contributed by atoms with Crippen molar-refractivity contribution < 1.29 is 28.6 Å². The van der Waals surface area contributed by atoms with Crippen molar-refractivity contribution in [3.63, 3.8) is 0 Å². The van der Waals surface area contributed by atoms with Gasteiger partial charge in [0.15, 0.2) is 6.10 Å². The lowest BCUT2D eigenvalue weighted by atomic mass is 10.0. The Balaban J connectivity index is 4.22. The number of rotatable bonds is 63. The van der Waals surface area contributed by atoms with Gasteiger partial charge in [-0.25, -0.2) is 0 Å². The van der Waals surface area contributed by atoms with Gasteiger partial charge in [-0.15, -0.1) is 0 Å². The number of unbranched alkanes of at least 4 members (excludes halogenated alkanes) is 42. The second-order valence-electron chi connectivity index (χ2n) is 23.1. The zero-order chi connectivity index (χ0) is 56.4. The third kappa shape index (κ3) is 63.9. The largest absolute Gasteiger partial charge is 0.462 e. The van der Waals surface area contributed by atoms with Crippen LogP contribution in [-0.2, 0) is 28.6 Å². The van der Waals surface area contributed by atoms with E-state index in [1.54, 1.807) is 0 Å². The minimum Gasteiger partial charge on any atom is -0.462 e. The molecule has 0 aromatic rings. The summed E-state index contributed by atoms with van der Waals surface area (Å²) in [7, 11) is 0. The van der Waals surface area contributed by atoms with Crippen LogP contribution in [0.5, 0.6) is 0 Å². The summed E-state index contributed by atoms with van der Waals surface area (Å²) in [5, 5.41) is 0. The molecule has 0 rings (SSSR count). The summed E-state index contributed by atoms with van der Waals surface area (Å²) in [6.07, 6.45) is 85.3. The van der Waals surface area contributed by atoms with Gasteiger partial charge < -0.3 is 14.2 Å². The SMILES string of the molecule is CCC/C=C\C/C=C\CCCCCCCC(=O)OCC(COC(=O)CCCCCCCCCCCCCCCC/C=C\C/C=C\C/C=C\CCCCCCC)OC(=O)CCCCCCCCCCCCCCCCCCCC. The molecule has 0 aliphatic rings. The van der Waals surface area contributed by atoms with Gasteiger partial charge in [0.1, 0.15) is 13.2 Å². The Bertz CT molecular complexity index is 1390. The number of esters is 3. The molecule has 454 valence electrons. The van der Waals surface area contributed by atoms with E-state index in [2.05, 4.69) is 81.5 Å². The molecule has 0 spiro atoms. The molecular formula is C72H130O6. The topological polar surface area (TPSA) is 78.9 Å². The molecule has 0 N–H and O–H groups in total. The Morgan fingerprint density at radius 1 is 0.256 bits per heavy atom. The van der Waals surface area contributed by atoms with Crippen LogP contribution in [0.3, 0.4) is 0 Å². The first-order valence-corrected chi connectivity index (χ1v) is 34.3. The summed E-state index contributed by atoms with van der Waals surface area (Å²) < 4.78 is 17.0. The van der Waals surface area contributed by atoms with E-state index < -0.39 is 6.10 Å². The van der Waals surface area contributed by atoms with E-state index in [4.69, 9.17) is 14.2 Å². The highest BCUT2D eigenvalue weighted by molar-refractivity contribution is 5.71. The van der Waals surface area contributed by atoms with Gasteiger partial charge in [0.2, 0.25) is 0 Å². The fourth-order valence-corrected chi connectivity index (χ4v) is 10.1. The van der Waals surface area contributed by atoms with Crippen molar-refractivity contribution in [3.8, 4) is 0 Å². The quantitative estimate of drug-likeness (QED) is 0.0261. The normalized spacial score (nSPS) is 12.4. The van der Waals surface area contributed by atoms with Gasteiger partial charge in [0.25, 0.3) is 0 Å². The van der Waals surface area contributed by atoms with E-state index in [9.17, 15) is 14.4 Å². The van der Waals surface area contributed by atoms with Gasteiger partial charge in [-0.3, -0.25) is 14.4 Å². The summed E-state index contributed by atoms with van der Waals surface area (Å²) in [6.45, 7) is 6.61. The molecule has 0 saturated carbocycles. The van der Waals surface area contributed by atoms with E-state index >= 15 is 0 Å². The Hall–Kier alpha value is -2.89. The third-order valence-corrected chi connectivity index (χ3v) is 15.2. The van der Waals surface area contributed by atoms with Crippen molar-refractivity contribution in [2.45, 2.75) is 367 Å². The van der Waals surface area contributed by atoms with Crippen LogP contribution in [0.25, 0.3) is 0 Å². The maximum absolute atomic E-state index is 12.9. The Morgan fingerprint density at radius 2 is 0.487 bits per heavy atom. The average molecular weight is 1090 g/mol. The van der Waals surface area contributed by atoms with Crippen LogP contribution in [0.4, 0.5) is 0 Å². The lowest BCUT2D eigenvalue weighted by molar-refractivity contribution is -0.167. The van der Waals surface area contributed by atoms with Crippen molar-refractivity contribution >= 4 is 17.9 Å². The number of hydrogen-bond acceptors (Lipinski definition) is 6. The van der Waals surface area contributed by atoms with E-state index in [1.165, 1.54) is 225 Å². The summed E-state index contributed by atoms with van der Waals surface area (Å²) in [6, 6.07) is 0. The minimum atomic E-state index is -0.779. The highest BCUT2D eigenvalue weighted by Crippen LogP contribution is 2.18. The van der Waals surface area contributed by atoms with Crippen LogP contribution >= 0.6 is 0 Å². The van der Waals surface area contributed by atoms with Gasteiger partial charge in [-0.2, -0.15) is 0 Å². The molecule has 0 saturated heterocycles. The molecule has 0 aliphatic heterocycles. The van der Waals surface area contributed by atoms with Gasteiger partial charge in [0, 0.05) is 19.3 Å². The Labute approximate surface area is 485 Å². The molecule has 6 nitrogen and oxygen atoms in total. The third-order valence-electron chi connectivity index (χ3n) is 15.2. The van der Waals surface area contributed by atoms with E-state index in [-0.39, 0.29) is 31.1 Å². The molecule has 0 bridgehead atoms. The molecule has 0 radical (unpaired) electrons. The van der Waals surface area contributed by atoms with Crippen molar-refractivity contribution in [3.05, 3.63) is 60.8 Å². The maximum Gasteiger partial charge on any atom is 0.306 e. The average Bonchev–Trinajstić information content (AvgIpc) is 3.44. The highest BCUT2D eigenvalue weighted by atomic mass is 16.6. The van der Waals surface area contributed by atoms with Crippen molar-refractivity contribution in [2.75, 3.05) is 13.2 Å². The fraction of sp³-hybridized carbons (Fsp3) is 0.819. The minimum absolute atomic E-state index is 0.0751. The first kappa shape index (κ1) is 75.1. The van der Waals surface area contributed by atoms with Gasteiger partial charge >= 0.3 is 17.9 Å². The molecule has 1 unspecified atom stereocenters. The number of carbonyl (C=O) groups is 3. The zero-order valence-electron chi connectivity index (χ0n) is 52.2. The molecular weight excluding hydrogens is 961 g/mol. The number of carbonyl (C=O) groups excluding carboxylic acids is 3. The molecule has 0 heterocycles. The first-order valence-electron chi connectivity index (χ1n) is 34.3. The molecule has 0 fully saturated rings. The number of hydrogen-bond donors (Lipinski definition) is 0. The van der Waals surface area contributed by atoms with Crippen LogP contribution in [0, 0.1) is 0 Å². The lowest BCUT2D eigenvalue weighted by Gasteiger charge is -2.18. The highest BCUT2D eigenvalue weighted by Gasteiger charge is 2.19. The fourth-order valence-electron chi connectivity index (χ4n) is 10.1. The van der Waals surface area contributed by atoms with Crippen LogP contribution in [0.15, 0.2) is 60.8 Å². The Kier molecular flexibility index (Phi) is 64.2. The second-order valence-corrected chi connectivity index (χ2v) is 23.1. The standard InChI is InChI=1S/C72H130O6/c1-4-7-10-13-16-19-22-25-27-29-31-32-33-34-35-36-37-38-39-40-41-43-44-47-50-53-56-59-62-65-71(74)77-68-69(67-76-70(73)64-61-58-55-52-49-46-24-21-18-15-12-9-6-3)78-72(75)66-63-60-57-54-51-48-45-42-30-28-26-23-20-17-14-11-8-5-2/h12,15,21-22,24-25,29,31,33-34,69H,4-11,13-14,16-20,23,26-28,30,32,35-68H2,1-3H3/b15-12-,24-21-,25-22-,31-29-,34-33-. The molecule has 0 aliphatic carbocycles. The predicted molar refractivity (Wildman–Crippen MR) is 339 cm³/mol. The van der Waals surface area contributed by atoms with Gasteiger partial charge in [0.05, 0.1) is 0 Å².